The Kier molecular flexibility index (Phi) is 8.75. The molecule has 12 nitrogen and oxygen atoms in total. The first-order chi connectivity index (χ1) is 22.2. The maximum Gasteiger partial charge on any atom is 0.408 e. The number of hydrogen-bond acceptors (Lipinski definition) is 10. The summed E-state index contributed by atoms with van der Waals surface area (Å²) in [5.74, 6) is -4.53. The van der Waals surface area contributed by atoms with Gasteiger partial charge in [0.25, 0.3) is 5.91 Å². The molecule has 0 unspecified atom stereocenters. The molecule has 18 heteroatoms. The third-order valence-electron chi connectivity index (χ3n) is 8.81. The number of imidazole rings is 1. The van der Waals surface area contributed by atoms with E-state index in [9.17, 15) is 31.5 Å². The van der Waals surface area contributed by atoms with Crippen molar-refractivity contribution >= 4 is 28.8 Å². The number of rotatable bonds is 10. The molecule has 47 heavy (non-hydrogen) atoms. The van der Waals surface area contributed by atoms with Gasteiger partial charge in [0, 0.05) is 31.8 Å². The molecule has 2 aliphatic rings. The first kappa shape index (κ1) is 32.9. The number of fused-ring (bicyclic) bond motifs is 1. The maximum absolute atomic E-state index is 14.0. The molecule has 0 aromatic carbocycles. The highest BCUT2D eigenvalue weighted by Crippen LogP contribution is 2.43. The summed E-state index contributed by atoms with van der Waals surface area (Å²) in [6.07, 6.45) is -2.67. The molecule has 1 saturated carbocycles. The Bertz CT molecular complexity index is 1760. The molecule has 2 fully saturated rings. The zero-order valence-corrected chi connectivity index (χ0v) is 26.1. The largest absolute Gasteiger partial charge is 0.408 e. The van der Waals surface area contributed by atoms with Crippen LogP contribution in [0, 0.1) is 18.3 Å². The van der Waals surface area contributed by atoms with Crippen LogP contribution in [-0.4, -0.2) is 67.0 Å². The lowest BCUT2D eigenvalue weighted by Gasteiger charge is -2.33. The SMILES string of the molecule is COCc1nc(C[C@]2(Cc3cnn4cc([C@@H](NC(=O)c5nonc5C)C5CCC(F)(F)CC5)nc4c3)C[C@@H](C(F)(F)F)NC2=O)cs1. The second kappa shape index (κ2) is 12.5. The van der Waals surface area contributed by atoms with Gasteiger partial charge in [-0.15, -0.1) is 11.3 Å². The Morgan fingerprint density at radius 1 is 1.23 bits per heavy atom. The smallest absolute Gasteiger partial charge is 0.378 e. The van der Waals surface area contributed by atoms with E-state index in [4.69, 9.17) is 4.74 Å². The van der Waals surface area contributed by atoms with Gasteiger partial charge in [-0.25, -0.2) is 27.9 Å². The van der Waals surface area contributed by atoms with Crippen LogP contribution in [0.5, 0.6) is 0 Å². The van der Waals surface area contributed by atoms with E-state index in [1.165, 1.54) is 29.2 Å². The molecular weight excluding hydrogens is 651 g/mol. The highest BCUT2D eigenvalue weighted by atomic mass is 32.1. The summed E-state index contributed by atoms with van der Waals surface area (Å²) in [7, 11) is 1.50. The van der Waals surface area contributed by atoms with Crippen molar-refractivity contribution < 1.29 is 40.9 Å². The van der Waals surface area contributed by atoms with Gasteiger partial charge in [0.05, 0.1) is 41.8 Å². The number of hydrogen-bond donors (Lipinski definition) is 2. The van der Waals surface area contributed by atoms with Gasteiger partial charge in [0.15, 0.2) is 11.3 Å². The lowest BCUT2D eigenvalue weighted by Crippen LogP contribution is -2.39. The molecule has 0 radical (unpaired) electrons. The minimum absolute atomic E-state index is 0.0345. The molecule has 5 heterocycles. The number of ether oxygens (including phenoxy) is 1. The summed E-state index contributed by atoms with van der Waals surface area (Å²) in [5, 5.41) is 19.0. The number of thiazole rings is 1. The van der Waals surface area contributed by atoms with Crippen molar-refractivity contribution in [3.63, 3.8) is 0 Å². The summed E-state index contributed by atoms with van der Waals surface area (Å²) in [5.41, 5.74) is 0.324. The van der Waals surface area contributed by atoms with Crippen LogP contribution in [0.4, 0.5) is 22.0 Å². The van der Waals surface area contributed by atoms with Crippen LogP contribution in [0.3, 0.4) is 0 Å². The number of halogens is 5. The van der Waals surface area contributed by atoms with Gasteiger partial charge >= 0.3 is 6.18 Å². The van der Waals surface area contributed by atoms with Gasteiger partial charge in [-0.1, -0.05) is 5.16 Å². The molecule has 1 aliphatic carbocycles. The molecule has 3 atom stereocenters. The second-order valence-corrected chi connectivity index (χ2v) is 13.2. The number of aromatic nitrogens is 6. The standard InChI is InChI=1S/C29H31F5N8O4S/c1-15-23(41-46-40-15)25(43)39-24(17-3-5-28(30,31)6-4-17)19-12-42-21(37-19)7-16(11-35-42)8-27(9-18-14-47-22(36-18)13-45-2)10-20(29(32,33)34)38-26(27)44/h7,11-12,14,17,20,24H,3-6,8-10,13H2,1-2H3,(H,38,44)(H,39,43)/t20-,24-,27+/m0/s1. The Hall–Kier alpha value is -4.06. The van der Waals surface area contributed by atoms with Crippen LogP contribution in [-0.2, 0) is 29.0 Å². The number of nitrogens with one attached hydrogen (secondary N) is 2. The van der Waals surface area contributed by atoms with Crippen molar-refractivity contribution in [3.8, 4) is 0 Å². The average molecular weight is 683 g/mol. The van der Waals surface area contributed by atoms with E-state index < -0.39 is 47.8 Å². The van der Waals surface area contributed by atoms with Crippen molar-refractivity contribution in [2.45, 2.75) is 82.7 Å². The van der Waals surface area contributed by atoms with Gasteiger partial charge in [0.1, 0.15) is 16.7 Å². The second-order valence-electron chi connectivity index (χ2n) is 12.2. The molecule has 0 bridgehead atoms. The molecule has 1 saturated heterocycles. The fourth-order valence-corrected chi connectivity index (χ4v) is 7.19. The molecule has 6 rings (SSSR count). The van der Waals surface area contributed by atoms with Gasteiger partial charge in [0.2, 0.25) is 11.8 Å². The van der Waals surface area contributed by atoms with Gasteiger partial charge < -0.3 is 15.4 Å². The molecule has 4 aromatic heterocycles. The van der Waals surface area contributed by atoms with Gasteiger partial charge in [-0.2, -0.15) is 18.3 Å². The zero-order chi connectivity index (χ0) is 33.6. The van der Waals surface area contributed by atoms with Crippen LogP contribution in [0.2, 0.25) is 0 Å². The molecule has 2 amide bonds. The molecule has 252 valence electrons. The Morgan fingerprint density at radius 3 is 2.66 bits per heavy atom. The molecule has 1 aliphatic heterocycles. The first-order valence-electron chi connectivity index (χ1n) is 14.9. The highest BCUT2D eigenvalue weighted by Gasteiger charge is 2.55. The minimum atomic E-state index is -4.63. The van der Waals surface area contributed by atoms with Crippen molar-refractivity contribution in [2.24, 2.45) is 11.3 Å². The predicted molar refractivity (Wildman–Crippen MR) is 154 cm³/mol. The number of amides is 2. The molecule has 0 spiro atoms. The average Bonchev–Trinajstić information content (AvgIpc) is 3.79. The third kappa shape index (κ3) is 6.97. The summed E-state index contributed by atoms with van der Waals surface area (Å²) in [6.45, 7) is 1.77. The summed E-state index contributed by atoms with van der Waals surface area (Å²) < 4.78 is 80.6. The van der Waals surface area contributed by atoms with Gasteiger partial charge in [-0.3, -0.25) is 9.59 Å². The van der Waals surface area contributed by atoms with E-state index in [0.717, 1.165) is 0 Å². The van der Waals surface area contributed by atoms with Crippen molar-refractivity contribution in [1.29, 1.82) is 0 Å². The first-order valence-corrected chi connectivity index (χ1v) is 15.8. The number of aryl methyl sites for hydroxylation is 1. The Morgan fingerprint density at radius 2 is 2.00 bits per heavy atom. The van der Waals surface area contributed by atoms with E-state index >= 15 is 0 Å². The Balaban J connectivity index is 1.30. The van der Waals surface area contributed by atoms with Crippen LogP contribution >= 0.6 is 11.3 Å². The van der Waals surface area contributed by atoms with Crippen LogP contribution < -0.4 is 10.6 Å². The quantitative estimate of drug-likeness (QED) is 0.230. The number of alkyl halides is 5. The maximum atomic E-state index is 14.0. The van der Waals surface area contributed by atoms with Crippen LogP contribution in [0.15, 0.2) is 28.5 Å². The summed E-state index contributed by atoms with van der Waals surface area (Å²) in [6, 6.07) is -1.19. The number of carbonyl (C=O) groups is 2. The van der Waals surface area contributed by atoms with E-state index in [1.807, 2.05) is 0 Å². The van der Waals surface area contributed by atoms with Crippen molar-refractivity contribution in [1.82, 2.24) is 40.5 Å². The van der Waals surface area contributed by atoms with Crippen LogP contribution in [0.25, 0.3) is 5.65 Å². The summed E-state index contributed by atoms with van der Waals surface area (Å²) in [4.78, 5) is 35.5. The lowest BCUT2D eigenvalue weighted by molar-refractivity contribution is -0.155. The predicted octanol–water partition coefficient (Wildman–Crippen LogP) is 4.54. The van der Waals surface area contributed by atoms with Crippen molar-refractivity contribution in [3.05, 3.63) is 57.2 Å². The van der Waals surface area contributed by atoms with Crippen LogP contribution in [0.1, 0.15) is 76.3 Å². The topological polar surface area (TPSA) is 149 Å². The van der Waals surface area contributed by atoms with E-state index in [1.54, 1.807) is 24.6 Å². The van der Waals surface area contributed by atoms with Crippen molar-refractivity contribution in [2.75, 3.05) is 7.11 Å². The van der Waals surface area contributed by atoms with E-state index in [2.05, 4.69) is 40.6 Å². The molecule has 4 aromatic rings. The minimum Gasteiger partial charge on any atom is -0.378 e. The fourth-order valence-electron chi connectivity index (χ4n) is 6.42. The third-order valence-corrected chi connectivity index (χ3v) is 9.68. The normalized spacial score (nSPS) is 22.4. The zero-order valence-electron chi connectivity index (χ0n) is 25.3. The van der Waals surface area contributed by atoms with Gasteiger partial charge in [-0.05, 0) is 55.3 Å². The van der Waals surface area contributed by atoms with E-state index in [0.29, 0.717) is 27.6 Å². The number of nitrogens with zero attached hydrogens (tertiary/aromatic N) is 6. The van der Waals surface area contributed by atoms with E-state index in [-0.39, 0.29) is 62.4 Å². The lowest BCUT2D eigenvalue weighted by atomic mass is 9.75. The molecular formula is C29H31F5N8O4S. The highest BCUT2D eigenvalue weighted by molar-refractivity contribution is 7.09. The number of methoxy groups -OCH3 is 1. The molecule has 2 N–H and O–H groups in total. The Labute approximate surface area is 268 Å². The fraction of sp³-hybridized carbons (Fsp3) is 0.552. The monoisotopic (exact) mass is 682 g/mol. The number of carbonyl (C=O) groups excluding carboxylic acids is 2. The summed E-state index contributed by atoms with van der Waals surface area (Å²) >= 11 is 1.29.